The number of rotatable bonds is 82. The molecule has 0 aliphatic carbocycles. The molecule has 0 atom stereocenters. The Kier molecular flexibility index (Phi) is 145. The fourth-order valence-corrected chi connectivity index (χ4v) is 221. The quantitative estimate of drug-likeness (QED) is 0.0352. The van der Waals surface area contributed by atoms with Crippen LogP contribution >= 0.6 is 788 Å². The zero-order valence-corrected chi connectivity index (χ0v) is 105. The van der Waals surface area contributed by atoms with Gasteiger partial charge in [-0.2, -0.15) is 0 Å². The largest absolute Gasteiger partial charge is 0.301 e. The van der Waals surface area contributed by atoms with E-state index in [0.717, 1.165) is 6.42 Å². The van der Waals surface area contributed by atoms with Gasteiger partial charge in [0.1, 0.15) is 0 Å². The van der Waals surface area contributed by atoms with Crippen LogP contribution in [0.25, 0.3) is 0 Å². The van der Waals surface area contributed by atoms with Crippen molar-refractivity contribution in [2.75, 3.05) is 6.61 Å². The maximum absolute atomic E-state index is 5.56. The van der Waals surface area contributed by atoms with Crippen molar-refractivity contribution in [3.63, 3.8) is 0 Å². The Hall–Kier alpha value is 28.8. The van der Waals surface area contributed by atoms with Gasteiger partial charge in [-0.25, -0.2) is 0 Å². The summed E-state index contributed by atoms with van der Waals surface area (Å²) in [7, 11) is 143. The normalized spacial score (nSPS) is 12.0. The molecule has 0 aromatic carbocycles. The summed E-state index contributed by atoms with van der Waals surface area (Å²) in [6.45, 7) is 0.884. The molecule has 0 amide bonds. The van der Waals surface area contributed by atoms with Crippen LogP contribution in [0.2, 0.25) is 0 Å². The third-order valence-electron chi connectivity index (χ3n) is 2.68. The number of hydrogen-bond acceptors (Lipinski definition) is 83. The van der Waals surface area contributed by atoms with Crippen molar-refractivity contribution >= 4 is 817 Å². The molecule has 0 unspecified atom stereocenters. The first kappa shape index (κ1) is 116. The Morgan fingerprint density at radius 2 is 0.299 bits per heavy atom. The van der Waals surface area contributed by atoms with Gasteiger partial charge < -0.3 is 4.18 Å². The maximum atomic E-state index is 5.56. The second kappa shape index (κ2) is 109. The fourth-order valence-electron chi connectivity index (χ4n) is 1.11. The molecule has 0 heterocycles. The van der Waals surface area contributed by atoms with Crippen molar-refractivity contribution in [3.8, 4) is 0 Å². The summed E-state index contributed by atoms with van der Waals surface area (Å²) in [6, 6.07) is 0. The third kappa shape index (κ3) is 111. The summed E-state index contributed by atoms with van der Waals surface area (Å²) < 4.78 is 5.56. The topological polar surface area (TPSA) is 9.23 Å². The van der Waals surface area contributed by atoms with Crippen molar-refractivity contribution < 1.29 is 4.18 Å². The molecule has 0 rings (SSSR count). The Balaban J connectivity index is 3.10. The molecule has 0 aromatic rings. The van der Waals surface area contributed by atoms with E-state index < -0.39 is 6.46 Å². The van der Waals surface area contributed by atoms with Crippen LogP contribution in [0.5, 0.6) is 0 Å². The molecule has 0 radical (unpaired) electrons. The minimum atomic E-state index is -1.83. The molecule has 0 fully saturated rings. The van der Waals surface area contributed by atoms with Gasteiger partial charge in [0.05, 0.1) is 13.1 Å². The monoisotopic (exact) mass is 2710 g/mol. The predicted octanol–water partition coefficient (Wildman–Crippen LogP) is 52.5. The van der Waals surface area contributed by atoms with Gasteiger partial charge in [-0.15, -0.1) is 0 Å². The molecule has 0 saturated carbocycles. The molecule has 0 aromatic heterocycles. The van der Waals surface area contributed by atoms with Crippen LogP contribution in [0.15, 0.2) is 0 Å². The summed E-state index contributed by atoms with van der Waals surface area (Å²) in [5.41, 5.74) is 0. The number of thiol groups is 1. The first-order valence-corrected chi connectivity index (χ1v) is 125. The molecule has 0 saturated heterocycles. The van der Waals surface area contributed by atoms with Crippen molar-refractivity contribution in [1.29, 1.82) is 0 Å². The highest BCUT2D eigenvalue weighted by Crippen LogP contribution is 2.72. The van der Waals surface area contributed by atoms with Crippen LogP contribution in [0, 0.1) is 0 Å². The Bertz CT molecular complexity index is 1280. The molecule has 1 nitrogen and oxygen atoms in total. The van der Waals surface area contributed by atoms with Gasteiger partial charge in [-0.05, 0) is 107 Å². The van der Waals surface area contributed by atoms with E-state index in [-0.39, 0.29) is 0 Å². The van der Waals surface area contributed by atoms with Crippen LogP contribution < -0.4 is 0 Å². The van der Waals surface area contributed by atoms with Crippen molar-refractivity contribution in [2.24, 2.45) is 0 Å². The van der Waals surface area contributed by atoms with Gasteiger partial charge in [0.2, 0.25) is 0 Å². The van der Waals surface area contributed by atoms with Gasteiger partial charge in [-0.1, -0.05) is 18.6 Å². The SMILES string of the molecule is CCCOS(=S)(=S)SSSSSSSSSSSSSSSSSSSSSSSSSSSSSSSSSSSSSSSSSSSSSSSSSSSSSSSSSSSSSSSSSSSSSSSSSSSSSSSS. The van der Waals surface area contributed by atoms with E-state index in [1.807, 2.05) is 619 Å². The minimum Gasteiger partial charge on any atom is -0.301 e. The van der Waals surface area contributed by atoms with E-state index in [1.165, 1.54) is 19.7 Å². The van der Waals surface area contributed by atoms with Crippen molar-refractivity contribution in [2.45, 2.75) is 13.3 Å². The van der Waals surface area contributed by atoms with E-state index in [2.05, 4.69) is 18.6 Å². The Morgan fingerprint density at radius 3 is 0.402 bits per heavy atom. The van der Waals surface area contributed by atoms with Crippen LogP contribution in [-0.4, -0.2) is 6.61 Å². The highest BCUT2D eigenvalue weighted by molar-refractivity contribution is 9.66. The molecule has 87 heavy (non-hydrogen) atoms. The highest BCUT2D eigenvalue weighted by atomic mass is 34.1. The standard InChI is InChI=1S/C3H8OS83/c1-2-3-4-87(6,7)86-85-84-83-82-81-80-79-78-77-76-75-74-73-72-71-70-69-68-67-66-65-64-63-62-61-60-59-58-57-56-55-54-53-52-51-50-49-48-47-46-45-44-43-42-41-40-39-38-37-36-35-34-33-32-31-30-29-28-27-26-25-24-23-22-21-20-19-18-17-16-15-14-13-12-11-10-9-8-5/h5H,2-3H2,1H3. The number of hydrogen-bond donors (Lipinski definition) is 1. The van der Waals surface area contributed by atoms with Gasteiger partial charge in [0.15, 0.2) is 0 Å². The lowest BCUT2D eigenvalue weighted by Gasteiger charge is -2.07. The van der Waals surface area contributed by atoms with Crippen molar-refractivity contribution in [1.82, 2.24) is 0 Å². The average molecular weight is 2720 g/mol. The second-order valence-corrected chi connectivity index (χ2v) is 154. The lowest BCUT2D eigenvalue weighted by atomic mass is 10.5. The lowest BCUT2D eigenvalue weighted by Crippen LogP contribution is -1.96. The van der Waals surface area contributed by atoms with Crippen LogP contribution in [-0.2, 0) is 33.0 Å². The summed E-state index contributed by atoms with van der Waals surface area (Å²) in [5, 5.41) is 0. The highest BCUT2D eigenvalue weighted by Gasteiger charge is 2.09. The maximum Gasteiger partial charge on any atom is 0.0820 e. The van der Waals surface area contributed by atoms with E-state index in [1.54, 1.807) is 138 Å². The summed E-state index contributed by atoms with van der Waals surface area (Å²) in [5.74, 6) is 0. The van der Waals surface area contributed by atoms with Gasteiger partial charge in [0, 0.05) is 698 Å². The molecular formula is C3H8OS83. The molecule has 0 N–H and O–H groups in total. The average Bonchev–Trinajstić information content (AvgIpc) is 3.57. The third-order valence-corrected chi connectivity index (χ3v) is 183. The summed E-state index contributed by atoms with van der Waals surface area (Å²) in [4.78, 5) is 0. The fraction of sp³-hybridized carbons (Fsp3) is 1.00. The molecule has 0 spiro atoms. The first-order valence-electron chi connectivity index (χ1n) is 15.3. The Morgan fingerprint density at radius 1 is 0.195 bits per heavy atom. The van der Waals surface area contributed by atoms with Crippen LogP contribution in [0.4, 0.5) is 0 Å². The zero-order valence-electron chi connectivity index (χ0n) is 36.7. The van der Waals surface area contributed by atoms with Gasteiger partial charge >= 0.3 is 0 Å². The molecule has 84 heteroatoms. The van der Waals surface area contributed by atoms with Gasteiger partial charge in [-0.3, -0.25) is 0 Å². The molecule has 0 bridgehead atoms. The van der Waals surface area contributed by atoms with Crippen LogP contribution in [0.1, 0.15) is 13.3 Å². The van der Waals surface area contributed by atoms with Crippen LogP contribution in [0.3, 0.4) is 0 Å². The summed E-state index contributed by atoms with van der Waals surface area (Å²) >= 11 is 14.8. The Labute approximate surface area is 817 Å². The second-order valence-electron chi connectivity index (χ2n) is 6.61. The van der Waals surface area contributed by atoms with E-state index >= 15 is 0 Å². The first-order chi connectivity index (χ1) is 43.1. The molecule has 0 aliphatic rings. The summed E-state index contributed by atoms with van der Waals surface area (Å²) in [6.07, 6.45) is 0.946. The van der Waals surface area contributed by atoms with Gasteiger partial charge in [0.25, 0.3) is 0 Å². The van der Waals surface area contributed by atoms with E-state index in [9.17, 15) is 0 Å². The van der Waals surface area contributed by atoms with E-state index in [0.29, 0.717) is 6.61 Å². The minimum absolute atomic E-state index is 0.648. The smallest absolute Gasteiger partial charge is 0.0820 e. The lowest BCUT2D eigenvalue weighted by molar-refractivity contribution is 0.374. The van der Waals surface area contributed by atoms with E-state index in [4.69, 9.17) is 26.6 Å². The zero-order chi connectivity index (χ0) is 62.5. The predicted molar refractivity (Wildman–Crippen MR) is 647 cm³/mol. The van der Waals surface area contributed by atoms with Crippen molar-refractivity contribution in [3.05, 3.63) is 0 Å². The molecular weight excluding hydrogens is 2710 g/mol. The molecule has 0 aliphatic heterocycles. The molecule has 524 valence electrons.